The largest absolute Gasteiger partial charge is 0.496 e. The van der Waals surface area contributed by atoms with E-state index in [1.807, 2.05) is 24.3 Å². The predicted molar refractivity (Wildman–Crippen MR) is 124 cm³/mol. The molecule has 8 nitrogen and oxygen atoms in total. The number of H-pyrrole nitrogens is 1. The van der Waals surface area contributed by atoms with E-state index in [1.165, 1.54) is 7.11 Å². The van der Waals surface area contributed by atoms with Crippen LogP contribution in [0.5, 0.6) is 5.75 Å². The third-order valence-corrected chi connectivity index (χ3v) is 5.94. The van der Waals surface area contributed by atoms with Gasteiger partial charge in [0.05, 0.1) is 19.1 Å². The Labute approximate surface area is 189 Å². The molecule has 1 atom stereocenters. The Kier molecular flexibility index (Phi) is 5.91. The quantitative estimate of drug-likeness (QED) is 0.373. The minimum atomic E-state index is -1.15. The molecule has 0 spiro atoms. The fourth-order valence-electron chi connectivity index (χ4n) is 4.12. The molecule has 8 heteroatoms. The third kappa shape index (κ3) is 4.19. The monoisotopic (exact) mass is 448 g/mol. The van der Waals surface area contributed by atoms with E-state index in [4.69, 9.17) is 9.15 Å². The second kappa shape index (κ2) is 8.82. The average molecular weight is 448 g/mol. The van der Waals surface area contributed by atoms with Crippen LogP contribution in [0.15, 0.2) is 51.8 Å². The third-order valence-electron chi connectivity index (χ3n) is 5.94. The molecule has 0 bridgehead atoms. The number of aromatic nitrogens is 1. The molecule has 0 aliphatic heterocycles. The van der Waals surface area contributed by atoms with Crippen LogP contribution in [0.2, 0.25) is 0 Å². The zero-order chi connectivity index (χ0) is 23.7. The van der Waals surface area contributed by atoms with Crippen molar-refractivity contribution in [3.63, 3.8) is 0 Å². The second-order valence-corrected chi connectivity index (χ2v) is 7.96. The first-order valence-corrected chi connectivity index (χ1v) is 10.5. The summed E-state index contributed by atoms with van der Waals surface area (Å²) in [5.74, 6) is -1.13. The number of carboxylic acids is 1. The van der Waals surface area contributed by atoms with Gasteiger partial charge in [0.15, 0.2) is 0 Å². The molecular weight excluding hydrogens is 424 g/mol. The predicted octanol–water partition coefficient (Wildman–Crippen LogP) is 3.25. The van der Waals surface area contributed by atoms with E-state index >= 15 is 0 Å². The first-order chi connectivity index (χ1) is 15.8. The van der Waals surface area contributed by atoms with E-state index in [0.29, 0.717) is 27.8 Å². The van der Waals surface area contributed by atoms with Crippen molar-refractivity contribution in [2.24, 2.45) is 0 Å². The van der Waals surface area contributed by atoms with Gasteiger partial charge in [-0.2, -0.15) is 0 Å². The molecule has 2 heterocycles. The number of amides is 1. The number of carboxylic acid groups (broad SMARTS) is 1. The maximum atomic E-state index is 12.7. The summed E-state index contributed by atoms with van der Waals surface area (Å²) in [4.78, 5) is 40.3. The maximum Gasteiger partial charge on any atom is 0.340 e. The van der Waals surface area contributed by atoms with Gasteiger partial charge in [0.1, 0.15) is 17.4 Å². The van der Waals surface area contributed by atoms with Gasteiger partial charge in [-0.1, -0.05) is 18.2 Å². The van der Waals surface area contributed by atoms with Gasteiger partial charge in [-0.25, -0.2) is 9.59 Å². The summed E-state index contributed by atoms with van der Waals surface area (Å²) in [6.45, 7) is 3.53. The molecule has 2 aromatic carbocycles. The highest BCUT2D eigenvalue weighted by Crippen LogP contribution is 2.29. The van der Waals surface area contributed by atoms with Crippen molar-refractivity contribution in [1.82, 2.24) is 10.3 Å². The van der Waals surface area contributed by atoms with Crippen molar-refractivity contribution >= 4 is 33.7 Å². The molecular formula is C25H24N2O6. The number of aryl methyl sites for hydroxylation is 2. The number of rotatable bonds is 7. The van der Waals surface area contributed by atoms with Crippen LogP contribution in [0, 0.1) is 13.8 Å². The van der Waals surface area contributed by atoms with Crippen molar-refractivity contribution in [1.29, 1.82) is 0 Å². The Morgan fingerprint density at radius 1 is 1.12 bits per heavy atom. The number of aliphatic carboxylic acids is 1. The van der Waals surface area contributed by atoms with Crippen LogP contribution in [0.4, 0.5) is 0 Å². The van der Waals surface area contributed by atoms with Crippen molar-refractivity contribution in [2.45, 2.75) is 32.7 Å². The zero-order valence-electron chi connectivity index (χ0n) is 18.5. The smallest absolute Gasteiger partial charge is 0.340 e. The second-order valence-electron chi connectivity index (χ2n) is 7.96. The Morgan fingerprint density at radius 3 is 2.61 bits per heavy atom. The minimum absolute atomic E-state index is 0.107. The standard InChI is InChI=1S/C25H24N2O6/c1-13-16-8-9-21(32-3)14(2)23(16)33-25(31)18(13)11-22(28)27-20(24(29)30)10-15-12-26-19-7-5-4-6-17(15)19/h4-9,12,20,26H,10-11H2,1-3H3,(H,27,28)(H,29,30)/t20-/m0/s1. The molecule has 170 valence electrons. The van der Waals surface area contributed by atoms with Crippen LogP contribution in [-0.4, -0.2) is 35.1 Å². The number of carbonyl (C=O) groups is 2. The summed E-state index contributed by atoms with van der Waals surface area (Å²) < 4.78 is 10.8. The zero-order valence-corrected chi connectivity index (χ0v) is 18.5. The van der Waals surface area contributed by atoms with E-state index in [9.17, 15) is 19.5 Å². The fraction of sp³-hybridized carbons (Fsp3) is 0.240. The van der Waals surface area contributed by atoms with Gasteiger partial charge < -0.3 is 24.6 Å². The summed E-state index contributed by atoms with van der Waals surface area (Å²) in [6.07, 6.45) is 1.56. The lowest BCUT2D eigenvalue weighted by Gasteiger charge is -2.15. The van der Waals surface area contributed by atoms with Gasteiger partial charge in [-0.05, 0) is 43.2 Å². The lowest BCUT2D eigenvalue weighted by molar-refractivity contribution is -0.141. The molecule has 1 amide bonds. The molecule has 0 aliphatic rings. The molecule has 0 unspecified atom stereocenters. The number of hydrogen-bond acceptors (Lipinski definition) is 5. The van der Waals surface area contributed by atoms with E-state index in [1.54, 1.807) is 32.2 Å². The summed E-state index contributed by atoms with van der Waals surface area (Å²) in [6, 6.07) is 9.94. The highest BCUT2D eigenvalue weighted by Gasteiger charge is 2.24. The Bertz CT molecular complexity index is 1430. The van der Waals surface area contributed by atoms with Crippen LogP contribution >= 0.6 is 0 Å². The van der Waals surface area contributed by atoms with Gasteiger partial charge >= 0.3 is 11.6 Å². The lowest BCUT2D eigenvalue weighted by atomic mass is 10.0. The van der Waals surface area contributed by atoms with Gasteiger partial charge in [-0.15, -0.1) is 0 Å². The summed E-state index contributed by atoms with van der Waals surface area (Å²) in [7, 11) is 1.53. The average Bonchev–Trinajstić information content (AvgIpc) is 3.20. The van der Waals surface area contributed by atoms with E-state index < -0.39 is 23.5 Å². The molecule has 3 N–H and O–H groups in total. The van der Waals surface area contributed by atoms with Crippen molar-refractivity contribution in [3.05, 3.63) is 75.3 Å². The van der Waals surface area contributed by atoms with E-state index in [-0.39, 0.29) is 18.4 Å². The van der Waals surface area contributed by atoms with Gasteiger partial charge in [0, 0.05) is 34.5 Å². The Balaban J connectivity index is 1.58. The van der Waals surface area contributed by atoms with Crippen LogP contribution in [0.1, 0.15) is 22.3 Å². The van der Waals surface area contributed by atoms with Crippen LogP contribution in [0.3, 0.4) is 0 Å². The van der Waals surface area contributed by atoms with Crippen LogP contribution in [0.25, 0.3) is 21.9 Å². The SMILES string of the molecule is COc1ccc2c(C)c(CC(=O)N[C@@H](Cc3c[nH]c4ccccc34)C(=O)O)c(=O)oc2c1C. The number of fused-ring (bicyclic) bond motifs is 2. The first kappa shape index (κ1) is 22.1. The maximum absolute atomic E-state index is 12.7. The van der Waals surface area contributed by atoms with Crippen molar-refractivity contribution in [3.8, 4) is 5.75 Å². The summed E-state index contributed by atoms with van der Waals surface area (Å²) in [5.41, 5.74) is 2.95. The van der Waals surface area contributed by atoms with Crippen LogP contribution < -0.4 is 15.7 Å². The van der Waals surface area contributed by atoms with Crippen LogP contribution in [-0.2, 0) is 22.4 Å². The topological polar surface area (TPSA) is 122 Å². The molecule has 4 rings (SSSR count). The molecule has 0 radical (unpaired) electrons. The molecule has 4 aromatic rings. The highest BCUT2D eigenvalue weighted by molar-refractivity contribution is 5.89. The van der Waals surface area contributed by atoms with Gasteiger partial charge in [0.25, 0.3) is 0 Å². The van der Waals surface area contributed by atoms with Gasteiger partial charge in [-0.3, -0.25) is 4.79 Å². The highest BCUT2D eigenvalue weighted by atomic mass is 16.5. The molecule has 2 aromatic heterocycles. The number of carbonyl (C=O) groups excluding carboxylic acids is 1. The van der Waals surface area contributed by atoms with Crippen molar-refractivity contribution < 1.29 is 23.8 Å². The fourth-order valence-corrected chi connectivity index (χ4v) is 4.12. The normalized spacial score (nSPS) is 12.1. The first-order valence-electron chi connectivity index (χ1n) is 10.5. The molecule has 0 saturated carbocycles. The molecule has 0 saturated heterocycles. The molecule has 0 aliphatic carbocycles. The number of hydrogen-bond donors (Lipinski definition) is 3. The number of ether oxygens (including phenoxy) is 1. The van der Waals surface area contributed by atoms with E-state index in [2.05, 4.69) is 10.3 Å². The number of aromatic amines is 1. The summed E-state index contributed by atoms with van der Waals surface area (Å²) in [5, 5.41) is 13.8. The minimum Gasteiger partial charge on any atom is -0.496 e. The van der Waals surface area contributed by atoms with Crippen molar-refractivity contribution in [2.75, 3.05) is 7.11 Å². The molecule has 0 fully saturated rings. The van der Waals surface area contributed by atoms with E-state index in [0.717, 1.165) is 16.5 Å². The number of benzene rings is 2. The molecule has 33 heavy (non-hydrogen) atoms. The van der Waals surface area contributed by atoms with Gasteiger partial charge in [0.2, 0.25) is 5.91 Å². The number of methoxy groups -OCH3 is 1. The Morgan fingerprint density at radius 2 is 1.88 bits per heavy atom. The number of nitrogens with one attached hydrogen (secondary N) is 2. The summed E-state index contributed by atoms with van der Waals surface area (Å²) >= 11 is 0. The Hall–Kier alpha value is -4.07. The lowest BCUT2D eigenvalue weighted by Crippen LogP contribution is -2.43. The number of para-hydroxylation sites is 1.